The largest absolute Gasteiger partial charge is 0.347 e. The summed E-state index contributed by atoms with van der Waals surface area (Å²) in [7, 11) is 0. The Morgan fingerprint density at radius 2 is 2.03 bits per heavy atom. The highest BCUT2D eigenvalue weighted by atomic mass is 16.2. The van der Waals surface area contributed by atoms with Gasteiger partial charge in [-0.1, -0.05) is 25.1 Å². The fourth-order valence-electron chi connectivity index (χ4n) is 5.78. The maximum absolute atomic E-state index is 13.2. The first-order chi connectivity index (χ1) is 16.9. The molecule has 1 aromatic carbocycles. The van der Waals surface area contributed by atoms with E-state index in [0.717, 1.165) is 36.2 Å². The topological polar surface area (TPSA) is 85.2 Å². The van der Waals surface area contributed by atoms with Gasteiger partial charge in [0, 0.05) is 55.4 Å². The van der Waals surface area contributed by atoms with Gasteiger partial charge in [0.1, 0.15) is 11.9 Å². The normalized spacial score (nSPS) is 21.8. The monoisotopic (exact) mass is 468 g/mol. The lowest BCUT2D eigenvalue weighted by Crippen LogP contribution is -2.56. The van der Waals surface area contributed by atoms with Crippen LogP contribution in [0.5, 0.6) is 0 Å². The third kappa shape index (κ3) is 4.46. The number of hydrogen-bond acceptors (Lipinski definition) is 6. The van der Waals surface area contributed by atoms with Crippen LogP contribution in [-0.4, -0.2) is 52.5 Å². The van der Waals surface area contributed by atoms with Gasteiger partial charge in [-0.15, -0.1) is 0 Å². The molecule has 2 bridgehead atoms. The predicted octanol–water partition coefficient (Wildman–Crippen LogP) is 3.84. The van der Waals surface area contributed by atoms with Gasteiger partial charge in [0.15, 0.2) is 0 Å². The molecule has 0 saturated carbocycles. The smallest absolute Gasteiger partial charge is 0.223 e. The Morgan fingerprint density at radius 1 is 1.17 bits per heavy atom. The lowest BCUT2D eigenvalue weighted by Gasteiger charge is -2.42. The van der Waals surface area contributed by atoms with Gasteiger partial charge in [-0.25, -0.2) is 4.98 Å². The number of nitrogens with zero attached hydrogens (tertiary/aromatic N) is 5. The number of rotatable bonds is 6. The van der Waals surface area contributed by atoms with E-state index in [1.807, 2.05) is 41.4 Å². The minimum Gasteiger partial charge on any atom is -0.347 e. The van der Waals surface area contributed by atoms with Crippen LogP contribution in [0.1, 0.15) is 44.7 Å². The van der Waals surface area contributed by atoms with Crippen molar-refractivity contribution in [3.63, 3.8) is 0 Å². The molecule has 2 unspecified atom stereocenters. The highest BCUT2D eigenvalue weighted by molar-refractivity contribution is 5.83. The first-order valence-corrected chi connectivity index (χ1v) is 12.4. The molecule has 4 heterocycles. The summed E-state index contributed by atoms with van der Waals surface area (Å²) >= 11 is 0. The SMILES string of the molecule is C[C@H]1CC2CN(C(=O)CCNC(C)(C)c3cccc4ncccc34)CC1N2c1ccc(C#N)cn1. The fourth-order valence-corrected chi connectivity index (χ4v) is 5.78. The number of anilines is 1. The van der Waals surface area contributed by atoms with Gasteiger partial charge in [0.05, 0.1) is 17.1 Å². The van der Waals surface area contributed by atoms with Crippen LogP contribution in [-0.2, 0) is 10.3 Å². The molecule has 0 aliphatic carbocycles. The number of hydrogen-bond donors (Lipinski definition) is 1. The molecule has 2 aliphatic rings. The third-order valence-electron chi connectivity index (χ3n) is 7.61. The number of carbonyl (C=O) groups is 1. The Balaban J connectivity index is 1.21. The second kappa shape index (κ2) is 9.27. The molecule has 35 heavy (non-hydrogen) atoms. The lowest BCUT2D eigenvalue weighted by molar-refractivity contribution is -0.132. The lowest BCUT2D eigenvalue weighted by atomic mass is 9.90. The third-order valence-corrected chi connectivity index (χ3v) is 7.61. The predicted molar refractivity (Wildman–Crippen MR) is 137 cm³/mol. The molecule has 1 N–H and O–H groups in total. The molecule has 7 nitrogen and oxygen atoms in total. The van der Waals surface area contributed by atoms with Gasteiger partial charge in [0.25, 0.3) is 0 Å². The van der Waals surface area contributed by atoms with E-state index in [1.165, 1.54) is 5.56 Å². The van der Waals surface area contributed by atoms with Gasteiger partial charge >= 0.3 is 0 Å². The van der Waals surface area contributed by atoms with E-state index in [2.05, 4.69) is 59.2 Å². The van der Waals surface area contributed by atoms with Gasteiger partial charge in [-0.2, -0.15) is 5.26 Å². The summed E-state index contributed by atoms with van der Waals surface area (Å²) in [6, 6.07) is 16.7. The second-order valence-electron chi connectivity index (χ2n) is 10.3. The molecule has 1 amide bonds. The van der Waals surface area contributed by atoms with Gasteiger partial charge in [-0.3, -0.25) is 9.78 Å². The molecule has 3 aromatic rings. The Morgan fingerprint density at radius 3 is 2.77 bits per heavy atom. The van der Waals surface area contributed by atoms with Crippen molar-refractivity contribution in [3.05, 3.63) is 66.0 Å². The molecule has 2 fully saturated rings. The first kappa shape index (κ1) is 23.3. The first-order valence-electron chi connectivity index (χ1n) is 12.4. The number of benzene rings is 1. The zero-order chi connectivity index (χ0) is 24.6. The molecule has 180 valence electrons. The van der Waals surface area contributed by atoms with Crippen molar-refractivity contribution in [2.24, 2.45) is 5.92 Å². The average Bonchev–Trinajstić information content (AvgIpc) is 3.07. The number of nitriles is 1. The maximum Gasteiger partial charge on any atom is 0.223 e. The summed E-state index contributed by atoms with van der Waals surface area (Å²) < 4.78 is 0. The molecule has 2 aliphatic heterocycles. The number of aromatic nitrogens is 2. The Kier molecular flexibility index (Phi) is 6.16. The summed E-state index contributed by atoms with van der Waals surface area (Å²) in [5, 5.41) is 13.8. The van der Waals surface area contributed by atoms with Crippen LogP contribution in [0.3, 0.4) is 0 Å². The van der Waals surface area contributed by atoms with Crippen molar-refractivity contribution in [3.8, 4) is 6.07 Å². The van der Waals surface area contributed by atoms with Crippen LogP contribution in [0.4, 0.5) is 5.82 Å². The standard InChI is InChI=1S/C28H32N6O/c1-19-14-21-17-33(18-25(19)34(21)26-10-9-20(15-29)16-31-26)27(35)11-13-32-28(2,3)23-7-4-8-24-22(23)6-5-12-30-24/h4-10,12,16,19,21,25,32H,11,13-14,17-18H2,1-3H3/t19-,21?,25?/m0/s1. The van der Waals surface area contributed by atoms with Crippen LogP contribution in [0.15, 0.2) is 54.9 Å². The molecule has 5 rings (SSSR count). The van der Waals surface area contributed by atoms with Crippen LogP contribution in [0, 0.1) is 17.2 Å². The van der Waals surface area contributed by atoms with Gasteiger partial charge < -0.3 is 15.1 Å². The molecular formula is C28H32N6O. The zero-order valence-electron chi connectivity index (χ0n) is 20.6. The Bertz CT molecular complexity index is 1260. The highest BCUT2D eigenvalue weighted by Crippen LogP contribution is 2.37. The summed E-state index contributed by atoms with van der Waals surface area (Å²) in [5.41, 5.74) is 2.45. The van der Waals surface area contributed by atoms with E-state index in [1.54, 1.807) is 6.20 Å². The molecular weight excluding hydrogens is 436 g/mol. The van der Waals surface area contributed by atoms with Crippen LogP contribution in [0.2, 0.25) is 0 Å². The number of carbonyl (C=O) groups excluding carboxylic acids is 1. The maximum atomic E-state index is 13.2. The highest BCUT2D eigenvalue weighted by Gasteiger charge is 2.45. The minimum atomic E-state index is -0.281. The van der Waals surface area contributed by atoms with E-state index in [9.17, 15) is 4.79 Å². The number of pyridine rings is 2. The molecule has 0 spiro atoms. The molecule has 2 saturated heterocycles. The number of amides is 1. The molecule has 3 atom stereocenters. The number of nitrogens with one attached hydrogen (secondary N) is 1. The summed E-state index contributed by atoms with van der Waals surface area (Å²) in [4.78, 5) is 26.6. The zero-order valence-corrected chi connectivity index (χ0v) is 20.6. The summed E-state index contributed by atoms with van der Waals surface area (Å²) in [6.45, 7) is 8.63. The van der Waals surface area contributed by atoms with Crippen molar-refractivity contribution >= 4 is 22.6 Å². The van der Waals surface area contributed by atoms with Crippen molar-refractivity contribution in [1.82, 2.24) is 20.2 Å². The van der Waals surface area contributed by atoms with Crippen molar-refractivity contribution < 1.29 is 4.79 Å². The van der Waals surface area contributed by atoms with E-state index < -0.39 is 0 Å². The van der Waals surface area contributed by atoms with E-state index in [-0.39, 0.29) is 23.5 Å². The Hall–Kier alpha value is -3.50. The second-order valence-corrected chi connectivity index (χ2v) is 10.3. The average molecular weight is 469 g/mol. The molecule has 0 radical (unpaired) electrons. The molecule has 2 aromatic heterocycles. The Labute approximate surface area is 206 Å². The van der Waals surface area contributed by atoms with Gasteiger partial charge in [0.2, 0.25) is 5.91 Å². The van der Waals surface area contributed by atoms with Gasteiger partial charge in [-0.05, 0) is 56.0 Å². The van der Waals surface area contributed by atoms with Crippen LogP contribution < -0.4 is 10.2 Å². The molecule has 7 heteroatoms. The van der Waals surface area contributed by atoms with Crippen LogP contribution in [0.25, 0.3) is 10.9 Å². The van der Waals surface area contributed by atoms with Crippen LogP contribution >= 0.6 is 0 Å². The van der Waals surface area contributed by atoms with E-state index >= 15 is 0 Å². The van der Waals surface area contributed by atoms with E-state index in [0.29, 0.717) is 24.4 Å². The summed E-state index contributed by atoms with van der Waals surface area (Å²) in [5.74, 6) is 1.60. The number of likely N-dealkylation sites (tertiary alicyclic amines) is 1. The summed E-state index contributed by atoms with van der Waals surface area (Å²) in [6.07, 6.45) is 4.97. The fraction of sp³-hybridized carbons (Fsp3) is 0.429. The number of piperazine rings is 1. The van der Waals surface area contributed by atoms with Crippen molar-refractivity contribution in [2.45, 2.75) is 51.2 Å². The van der Waals surface area contributed by atoms with E-state index in [4.69, 9.17) is 5.26 Å². The quantitative estimate of drug-likeness (QED) is 0.592. The van der Waals surface area contributed by atoms with Crippen molar-refractivity contribution in [1.29, 1.82) is 5.26 Å². The van der Waals surface area contributed by atoms with Crippen molar-refractivity contribution in [2.75, 3.05) is 24.5 Å². The number of fused-ring (bicyclic) bond motifs is 3. The minimum absolute atomic E-state index is 0.199.